The van der Waals surface area contributed by atoms with Crippen molar-refractivity contribution in [3.8, 4) is 11.5 Å². The maximum absolute atomic E-state index is 14.4. The number of carbonyl (C=O) groups is 2. The van der Waals surface area contributed by atoms with Crippen LogP contribution in [0.25, 0.3) is 0 Å². The lowest BCUT2D eigenvalue weighted by atomic mass is 9.98. The van der Waals surface area contributed by atoms with Crippen molar-refractivity contribution in [1.82, 2.24) is 9.91 Å². The number of hydrazone groups is 1. The molecule has 0 aliphatic carbocycles. The number of hydrogen-bond donors (Lipinski definition) is 0. The van der Waals surface area contributed by atoms with Gasteiger partial charge in [0.05, 0.1) is 38.1 Å². The molecule has 0 saturated carbocycles. The minimum atomic E-state index is -0.682. The van der Waals surface area contributed by atoms with Crippen LogP contribution in [0.1, 0.15) is 33.9 Å². The Morgan fingerprint density at radius 1 is 0.974 bits per heavy atom. The molecule has 204 valence electrons. The predicted molar refractivity (Wildman–Crippen MR) is 141 cm³/mol. The lowest BCUT2D eigenvalue weighted by molar-refractivity contribution is -0.133. The Hall–Kier alpha value is -4.31. The molecule has 2 amide bonds. The van der Waals surface area contributed by atoms with E-state index in [-0.39, 0.29) is 31.1 Å². The number of methoxy groups -OCH3 is 3. The molecule has 0 N–H and O–H groups in total. The Morgan fingerprint density at radius 3 is 2.36 bits per heavy atom. The van der Waals surface area contributed by atoms with Gasteiger partial charge in [0, 0.05) is 20.1 Å². The Morgan fingerprint density at radius 2 is 1.69 bits per heavy atom. The summed E-state index contributed by atoms with van der Waals surface area (Å²) in [6.07, 6.45) is 0.339. The van der Waals surface area contributed by atoms with Crippen molar-refractivity contribution in [3.63, 3.8) is 0 Å². The molecule has 0 radical (unpaired) electrons. The van der Waals surface area contributed by atoms with Gasteiger partial charge in [0.25, 0.3) is 11.8 Å². The van der Waals surface area contributed by atoms with Crippen LogP contribution in [0.2, 0.25) is 0 Å². The van der Waals surface area contributed by atoms with Crippen molar-refractivity contribution in [1.29, 1.82) is 0 Å². The van der Waals surface area contributed by atoms with Gasteiger partial charge in [-0.25, -0.2) is 13.8 Å². The maximum atomic E-state index is 14.4. The van der Waals surface area contributed by atoms with Crippen LogP contribution >= 0.6 is 0 Å². The van der Waals surface area contributed by atoms with E-state index in [1.807, 2.05) is 6.07 Å². The van der Waals surface area contributed by atoms with E-state index in [2.05, 4.69) is 5.10 Å². The number of benzene rings is 3. The van der Waals surface area contributed by atoms with Gasteiger partial charge in [-0.05, 0) is 47.5 Å². The number of ether oxygens (including phenoxy) is 3. The topological polar surface area (TPSA) is 80.7 Å². The van der Waals surface area contributed by atoms with Crippen LogP contribution in [0, 0.1) is 11.6 Å². The first kappa shape index (κ1) is 27.7. The summed E-state index contributed by atoms with van der Waals surface area (Å²) in [5.74, 6) is -1.18. The molecule has 0 spiro atoms. The van der Waals surface area contributed by atoms with Crippen LogP contribution in [0.3, 0.4) is 0 Å². The molecule has 1 aliphatic heterocycles. The molecule has 1 atom stereocenters. The van der Waals surface area contributed by atoms with Crippen LogP contribution in [0.15, 0.2) is 71.8 Å². The molecule has 0 fully saturated rings. The molecule has 0 saturated heterocycles. The van der Waals surface area contributed by atoms with Crippen LogP contribution in [-0.2, 0) is 9.53 Å². The van der Waals surface area contributed by atoms with Crippen LogP contribution in [0.4, 0.5) is 8.78 Å². The van der Waals surface area contributed by atoms with Crippen LogP contribution in [0.5, 0.6) is 11.5 Å². The molecular formula is C29H29F2N3O5. The summed E-state index contributed by atoms with van der Waals surface area (Å²) in [5, 5.41) is 5.90. The second kappa shape index (κ2) is 12.5. The maximum Gasteiger partial charge on any atom is 0.262 e. The van der Waals surface area contributed by atoms with E-state index in [0.717, 1.165) is 5.56 Å². The van der Waals surface area contributed by atoms with Gasteiger partial charge in [0.2, 0.25) is 0 Å². The van der Waals surface area contributed by atoms with E-state index in [1.54, 1.807) is 30.3 Å². The Kier molecular flexibility index (Phi) is 8.88. The molecule has 1 heterocycles. The number of amides is 2. The average Bonchev–Trinajstić information content (AvgIpc) is 3.41. The summed E-state index contributed by atoms with van der Waals surface area (Å²) in [4.78, 5) is 28.1. The number of nitrogens with zero attached hydrogens (tertiary/aromatic N) is 3. The molecule has 0 bridgehead atoms. The quantitative estimate of drug-likeness (QED) is 0.382. The molecule has 4 rings (SSSR count). The second-order valence-corrected chi connectivity index (χ2v) is 8.83. The van der Waals surface area contributed by atoms with Gasteiger partial charge in [-0.15, -0.1) is 0 Å². The lowest BCUT2D eigenvalue weighted by Gasteiger charge is -2.27. The molecule has 0 aromatic heterocycles. The van der Waals surface area contributed by atoms with Crippen molar-refractivity contribution in [2.24, 2.45) is 5.10 Å². The van der Waals surface area contributed by atoms with Crippen LogP contribution < -0.4 is 9.47 Å². The smallest absolute Gasteiger partial charge is 0.262 e. The van der Waals surface area contributed by atoms with Gasteiger partial charge in [-0.1, -0.05) is 30.3 Å². The fraction of sp³-hybridized carbons (Fsp3) is 0.276. The van der Waals surface area contributed by atoms with E-state index in [9.17, 15) is 18.4 Å². The van der Waals surface area contributed by atoms with Crippen molar-refractivity contribution >= 4 is 17.5 Å². The zero-order valence-electron chi connectivity index (χ0n) is 21.9. The summed E-state index contributed by atoms with van der Waals surface area (Å²) in [6, 6.07) is 16.2. The zero-order chi connectivity index (χ0) is 27.9. The summed E-state index contributed by atoms with van der Waals surface area (Å²) >= 11 is 0. The Balaban J connectivity index is 1.67. The standard InChI is InChI=1S/C29H29F2N3O5/c1-37-15-14-33(29(36)22-6-4-5-7-23(22)31)18-28(35)34-25(20-10-13-26(38-2)27(16-20)39-3)17-24(32-34)19-8-11-21(30)12-9-19/h4-13,16,25H,14-15,17-18H2,1-3H3/t25-/m0/s1. The highest BCUT2D eigenvalue weighted by Gasteiger charge is 2.35. The molecule has 8 nitrogen and oxygen atoms in total. The Labute approximate surface area is 225 Å². The SMILES string of the molecule is COCCN(CC(=O)N1N=C(c2ccc(F)cc2)C[C@H]1c1ccc(OC)c(OC)c1)C(=O)c1ccccc1F. The zero-order valence-corrected chi connectivity index (χ0v) is 21.9. The molecule has 3 aromatic rings. The van der Waals surface area contributed by atoms with Gasteiger partial charge in [0.15, 0.2) is 11.5 Å². The number of halogens is 2. The van der Waals surface area contributed by atoms with Crippen LogP contribution in [-0.4, -0.2) is 68.5 Å². The van der Waals surface area contributed by atoms with E-state index in [1.165, 1.54) is 61.6 Å². The largest absolute Gasteiger partial charge is 0.493 e. The summed E-state index contributed by atoms with van der Waals surface area (Å²) in [7, 11) is 4.52. The highest BCUT2D eigenvalue weighted by Crippen LogP contribution is 2.37. The molecule has 10 heteroatoms. The molecule has 39 heavy (non-hydrogen) atoms. The Bertz CT molecular complexity index is 1360. The average molecular weight is 538 g/mol. The van der Waals surface area contributed by atoms with E-state index in [0.29, 0.717) is 29.2 Å². The third-order valence-electron chi connectivity index (χ3n) is 6.42. The first-order chi connectivity index (χ1) is 18.9. The van der Waals surface area contributed by atoms with E-state index >= 15 is 0 Å². The minimum Gasteiger partial charge on any atom is -0.493 e. The third kappa shape index (κ3) is 6.23. The summed E-state index contributed by atoms with van der Waals surface area (Å²) in [6.45, 7) is -0.143. The van der Waals surface area contributed by atoms with Gasteiger partial charge >= 0.3 is 0 Å². The van der Waals surface area contributed by atoms with Gasteiger partial charge in [0.1, 0.15) is 18.2 Å². The molecule has 3 aromatic carbocycles. The summed E-state index contributed by atoms with van der Waals surface area (Å²) in [5.41, 5.74) is 1.82. The number of hydrogen-bond acceptors (Lipinski definition) is 6. The van der Waals surface area contributed by atoms with E-state index < -0.39 is 23.7 Å². The normalized spacial score (nSPS) is 14.6. The minimum absolute atomic E-state index is 0.0683. The molecule has 1 aliphatic rings. The third-order valence-corrected chi connectivity index (χ3v) is 6.42. The summed E-state index contributed by atoms with van der Waals surface area (Å²) < 4.78 is 43.9. The van der Waals surface area contributed by atoms with Crippen molar-refractivity contribution < 1.29 is 32.6 Å². The monoisotopic (exact) mass is 537 g/mol. The fourth-order valence-corrected chi connectivity index (χ4v) is 4.37. The second-order valence-electron chi connectivity index (χ2n) is 8.83. The lowest BCUT2D eigenvalue weighted by Crippen LogP contribution is -2.43. The molecular weight excluding hydrogens is 508 g/mol. The first-order valence-electron chi connectivity index (χ1n) is 12.3. The van der Waals surface area contributed by atoms with E-state index in [4.69, 9.17) is 14.2 Å². The highest BCUT2D eigenvalue weighted by atomic mass is 19.1. The van der Waals surface area contributed by atoms with Crippen molar-refractivity contribution in [2.45, 2.75) is 12.5 Å². The van der Waals surface area contributed by atoms with Gasteiger partial charge in [-0.3, -0.25) is 9.59 Å². The fourth-order valence-electron chi connectivity index (χ4n) is 4.37. The van der Waals surface area contributed by atoms with Crippen molar-refractivity contribution in [3.05, 3.63) is 95.1 Å². The number of carbonyl (C=O) groups excluding carboxylic acids is 2. The highest BCUT2D eigenvalue weighted by molar-refractivity contribution is 6.03. The van der Waals surface area contributed by atoms with Gasteiger partial charge in [-0.2, -0.15) is 5.10 Å². The first-order valence-corrected chi connectivity index (χ1v) is 12.3. The van der Waals surface area contributed by atoms with Crippen molar-refractivity contribution in [2.75, 3.05) is 41.0 Å². The molecule has 0 unspecified atom stereocenters. The predicted octanol–water partition coefficient (Wildman–Crippen LogP) is 4.45. The number of rotatable bonds is 10. The van der Waals surface area contributed by atoms with Gasteiger partial charge < -0.3 is 19.1 Å².